The van der Waals surface area contributed by atoms with Crippen LogP contribution in [0.25, 0.3) is 11.0 Å². The average molecular weight is 1860 g/mol. The molecule has 5 N–H and O–H groups in total. The van der Waals surface area contributed by atoms with Crippen LogP contribution in [0, 0.1) is 17.6 Å². The van der Waals surface area contributed by atoms with Gasteiger partial charge in [0.2, 0.25) is 11.8 Å². The van der Waals surface area contributed by atoms with E-state index >= 15 is 0 Å². The summed E-state index contributed by atoms with van der Waals surface area (Å²) in [6, 6.07) is 59.7. The van der Waals surface area contributed by atoms with Gasteiger partial charge in [-0.05, 0) is 353 Å². The fourth-order valence-electron chi connectivity index (χ4n) is 20.2. The average Bonchev–Trinajstić information content (AvgIpc) is 1.60. The first-order chi connectivity index (χ1) is 61.8. The molecule has 8 fully saturated rings. The molecule has 18 rings (SSSR count). The number of carbonyl (C=O) groups is 2. The number of rotatable bonds is 8. The van der Waals surface area contributed by atoms with Crippen LogP contribution in [0.15, 0.2) is 193 Å². The Labute approximate surface area is 793 Å². The molecule has 18 nitrogen and oxygen atoms in total. The molecular formula is C106H143Cl4F2N11O7. The molecule has 8 saturated heterocycles. The van der Waals surface area contributed by atoms with Crippen molar-refractivity contribution in [1.29, 1.82) is 0 Å². The van der Waals surface area contributed by atoms with Gasteiger partial charge in [-0.2, -0.15) is 0 Å². The summed E-state index contributed by atoms with van der Waals surface area (Å²) >= 11 is 23.4. The number of piperidine rings is 6. The van der Waals surface area contributed by atoms with Gasteiger partial charge in [-0.15, -0.1) is 0 Å². The number of phenolic OH excluding ortho intramolecular Hbond substituents is 1. The molecule has 0 radical (unpaired) electrons. The largest absolute Gasteiger partial charge is 0.508 e. The Balaban J connectivity index is 0.000000144. The van der Waals surface area contributed by atoms with E-state index in [0.29, 0.717) is 52.7 Å². The summed E-state index contributed by atoms with van der Waals surface area (Å²) in [5.74, 6) is 1.70. The standard InChI is InChI=1S/C15H20N2O.C14H20ClN.C14H19FN2O.C14H21NO.C13H18ClNO.C13H15FN2O.C12H16ClNO.C11H14ClNO/c1-12(18)17-11-15(7-9-16(2)10-8-15)13-5-3-4-6-14(13)17;1-10-8-13(9-11(2)16(10)3)12-4-6-14(15)7-5-12;1-11(18)16-14(6-8-17(2)9-7-14)12-4-3-5-13(15)10-12;1-11-10-15(3)8-7-14(11,2)12-5-4-6-13(16)9-12;1-15-9-2-7-13(16,8-10-15)11-3-5-12(14)6-4-11;1-16-6-4-9(5-7-16)13-11-3-2-10(14)8-12(11)17-15-13;1-14-8-6-12(15,7-9-14)10-2-4-11(13)5-3-10;1-13-7-6-11(14,8-13)9-2-4-10(12)5-3-9/h3-6H,7-11H2,1-2H3;4-7,10-11,13H,8-9H2,1-3H3;3-5,10H,6-9H2,1-2H3,(H,16,18);4-6,9,11,16H,7-8,10H2,1-3H3;3-6,16H,2,7-10H2,1H3;2-3,8-9H,4-7H2,1H3;2-5,15H,6-9H2,1H3;2-5,14H,6-8H2,1H3/t;10-,11+,13?;;11-,14-;13-;;;/m...11.../s1. The number of anilines is 1. The third kappa shape index (κ3) is 27.7. The second-order valence-corrected chi connectivity index (χ2v) is 40.8. The number of carbonyl (C=O) groups excluding carboxylic acids is 2. The second-order valence-electron chi connectivity index (χ2n) is 39.1. The topological polar surface area (TPSA) is 182 Å². The molecule has 8 aromatic carbocycles. The molecule has 7 atom stereocenters. The highest BCUT2D eigenvalue weighted by atomic mass is 35.5. The molecule has 1 aromatic heterocycles. The van der Waals surface area contributed by atoms with Crippen LogP contribution >= 0.6 is 46.4 Å². The van der Waals surface area contributed by atoms with E-state index in [4.69, 9.17) is 50.9 Å². The zero-order valence-electron chi connectivity index (χ0n) is 79.3. The van der Waals surface area contributed by atoms with Crippen molar-refractivity contribution in [3.05, 3.63) is 264 Å². The van der Waals surface area contributed by atoms with E-state index in [-0.39, 0.29) is 34.3 Å². The first-order valence-corrected chi connectivity index (χ1v) is 48.3. The van der Waals surface area contributed by atoms with E-state index in [9.17, 15) is 38.8 Å². The number of hydrogen-bond acceptors (Lipinski definition) is 16. The monoisotopic (exact) mass is 1860 g/mol. The third-order valence-electron chi connectivity index (χ3n) is 29.4. The normalized spacial score (nSPS) is 25.0. The number of aliphatic hydroxyl groups is 3. The van der Waals surface area contributed by atoms with Crippen molar-refractivity contribution >= 4 is 74.9 Å². The Morgan fingerprint density at radius 1 is 0.454 bits per heavy atom. The Morgan fingerprint density at radius 3 is 1.43 bits per heavy atom. The Bertz CT molecular complexity index is 5030. The quantitative estimate of drug-likeness (QED) is 0.0968. The molecule has 9 aromatic rings. The highest BCUT2D eigenvalue weighted by Crippen LogP contribution is 2.48. The van der Waals surface area contributed by atoms with Crippen LogP contribution in [0.2, 0.25) is 20.1 Å². The number of amides is 2. The van der Waals surface area contributed by atoms with E-state index in [2.05, 4.69) is 163 Å². The van der Waals surface area contributed by atoms with E-state index in [1.54, 1.807) is 25.1 Å². The molecule has 130 heavy (non-hydrogen) atoms. The SMILES string of the molecule is CC(=O)N1CC2(CCN(C)CC2)c2ccccc21.CC(=O)NC1(c2cccc(F)c2)CCN(C)CC1.CN1CCC(O)(c2ccc(Cl)cc2)C1.CN1CCC(O)(c2ccc(Cl)cc2)CC1.CN1CCC(c2noc3cc(F)ccc23)CC1.CN1CCC[C@](O)(c2ccc(Cl)cc2)CC1.C[C@@H]1CC(c2ccc(Cl)cc2)C[C@H](C)N1C.C[C@@H]1CN(C)CC[C@@]1(C)c1cccc(O)c1. The van der Waals surface area contributed by atoms with Crippen LogP contribution in [0.5, 0.6) is 5.75 Å². The van der Waals surface area contributed by atoms with Gasteiger partial charge in [-0.1, -0.05) is 156 Å². The van der Waals surface area contributed by atoms with E-state index in [1.165, 1.54) is 60.7 Å². The first-order valence-electron chi connectivity index (χ1n) is 46.8. The van der Waals surface area contributed by atoms with Crippen LogP contribution < -0.4 is 10.2 Å². The number of aromatic hydroxyl groups is 1. The van der Waals surface area contributed by atoms with Crippen molar-refractivity contribution in [2.45, 2.75) is 195 Å². The second kappa shape index (κ2) is 46.7. The van der Waals surface area contributed by atoms with Crippen molar-refractivity contribution in [3.8, 4) is 5.75 Å². The van der Waals surface area contributed by atoms with Gasteiger partial charge >= 0.3 is 0 Å². The van der Waals surface area contributed by atoms with Gasteiger partial charge in [-0.3, -0.25) is 9.59 Å². The van der Waals surface area contributed by atoms with Gasteiger partial charge < -0.3 is 74.4 Å². The van der Waals surface area contributed by atoms with E-state index in [1.807, 2.05) is 121 Å². The molecule has 10 heterocycles. The van der Waals surface area contributed by atoms with Crippen LogP contribution in [-0.4, -0.2) is 243 Å². The molecule has 0 bridgehead atoms. The minimum atomic E-state index is -0.681. The molecule has 2 amide bonds. The van der Waals surface area contributed by atoms with Gasteiger partial charge in [0.1, 0.15) is 23.0 Å². The lowest BCUT2D eigenvalue weighted by Gasteiger charge is -2.44. The summed E-state index contributed by atoms with van der Waals surface area (Å²) < 4.78 is 31.6. The summed E-state index contributed by atoms with van der Waals surface area (Å²) in [7, 11) is 17.0. The number of likely N-dealkylation sites (tertiary alicyclic amines) is 8. The number of likely N-dealkylation sites (N-methyl/N-ethyl adjacent to an activating group) is 1. The van der Waals surface area contributed by atoms with Crippen LogP contribution in [0.1, 0.15) is 194 Å². The number of aromatic nitrogens is 1. The highest BCUT2D eigenvalue weighted by Gasteiger charge is 2.46. The minimum absolute atomic E-state index is 0.0659. The van der Waals surface area contributed by atoms with Crippen molar-refractivity contribution in [1.82, 2.24) is 49.7 Å². The van der Waals surface area contributed by atoms with Crippen LogP contribution in [0.4, 0.5) is 14.5 Å². The van der Waals surface area contributed by atoms with Gasteiger partial charge in [0.05, 0.1) is 22.4 Å². The zero-order valence-corrected chi connectivity index (χ0v) is 82.3. The lowest BCUT2D eigenvalue weighted by Crippen LogP contribution is -2.51. The maximum Gasteiger partial charge on any atom is 0.223 e. The Hall–Kier alpha value is -7.45. The van der Waals surface area contributed by atoms with E-state index < -0.39 is 22.3 Å². The van der Waals surface area contributed by atoms with Crippen molar-refractivity contribution in [2.75, 3.05) is 159 Å². The number of halogens is 6. The number of nitrogens with zero attached hydrogens (tertiary/aromatic N) is 10. The van der Waals surface area contributed by atoms with Gasteiger partial charge in [0.15, 0.2) is 5.58 Å². The summed E-state index contributed by atoms with van der Waals surface area (Å²) in [6.45, 7) is 27.3. The molecule has 0 aliphatic carbocycles. The maximum atomic E-state index is 13.4. The Morgan fingerprint density at radius 2 is 0.915 bits per heavy atom. The summed E-state index contributed by atoms with van der Waals surface area (Å²) in [4.78, 5) is 43.6. The zero-order chi connectivity index (χ0) is 93.9. The molecule has 706 valence electrons. The van der Waals surface area contributed by atoms with Crippen molar-refractivity contribution in [2.24, 2.45) is 5.92 Å². The van der Waals surface area contributed by atoms with E-state index in [0.717, 1.165) is 229 Å². The number of phenols is 1. The molecule has 2 unspecified atom stereocenters. The fourth-order valence-corrected chi connectivity index (χ4v) is 20.7. The molecule has 0 saturated carbocycles. The van der Waals surface area contributed by atoms with Crippen molar-refractivity contribution in [3.63, 3.8) is 0 Å². The number of nitrogens with one attached hydrogen (secondary N) is 1. The molecular weight excluding hydrogens is 1720 g/mol. The smallest absolute Gasteiger partial charge is 0.223 e. The summed E-state index contributed by atoms with van der Waals surface area (Å²) in [5.41, 5.74) is 8.56. The Kier molecular flexibility index (Phi) is 37.0. The number of para-hydroxylation sites is 1. The summed E-state index contributed by atoms with van der Waals surface area (Å²) in [5, 5.41) is 52.2. The van der Waals surface area contributed by atoms with Gasteiger partial charge in [0.25, 0.3) is 0 Å². The predicted molar refractivity (Wildman–Crippen MR) is 528 cm³/mol. The van der Waals surface area contributed by atoms with Crippen molar-refractivity contribution < 1.29 is 43.3 Å². The first kappa shape index (κ1) is 103. The minimum Gasteiger partial charge on any atom is -0.508 e. The maximum absolute atomic E-state index is 13.4. The highest BCUT2D eigenvalue weighted by molar-refractivity contribution is 6.31. The number of fused-ring (bicyclic) bond motifs is 3. The third-order valence-corrected chi connectivity index (χ3v) is 30.4. The lowest BCUT2D eigenvalue weighted by atomic mass is 9.68. The number of β-amino-alcohol motifs (C(OH)–C–C–N with tert-alkyl or cyclic N) is 1. The van der Waals surface area contributed by atoms with Gasteiger partial charge in [-0.25, -0.2) is 8.78 Å². The van der Waals surface area contributed by atoms with Gasteiger partial charge in [0, 0.05) is 133 Å². The summed E-state index contributed by atoms with van der Waals surface area (Å²) in [6.07, 6.45) is 14.8. The molecule has 1 spiro atoms. The van der Waals surface area contributed by atoms with Crippen LogP contribution in [-0.2, 0) is 42.8 Å². The predicted octanol–water partition coefficient (Wildman–Crippen LogP) is 20.0. The molecule has 9 aliphatic rings. The fraction of sp³-hybridized carbons (Fsp3) is 0.519. The number of hydrogen-bond donors (Lipinski definition) is 5. The van der Waals surface area contributed by atoms with Crippen LogP contribution in [0.3, 0.4) is 0 Å². The molecule has 9 aliphatic heterocycles. The number of benzene rings is 8. The lowest BCUT2D eigenvalue weighted by molar-refractivity contribution is -0.121. The molecule has 24 heteroatoms.